The van der Waals surface area contributed by atoms with E-state index >= 15 is 0 Å². The fourth-order valence-electron chi connectivity index (χ4n) is 4.43. The van der Waals surface area contributed by atoms with Gasteiger partial charge in [-0.05, 0) is 49.2 Å². The molecule has 0 unspecified atom stereocenters. The third-order valence-corrected chi connectivity index (χ3v) is 6.58. The zero-order valence-corrected chi connectivity index (χ0v) is 24.3. The molecule has 0 atom stereocenters. The number of aromatic nitrogens is 1. The van der Waals surface area contributed by atoms with E-state index in [0.717, 1.165) is 11.1 Å². The maximum absolute atomic E-state index is 11.3. The molecular weight excluding hydrogens is 586 g/mol. The summed E-state index contributed by atoms with van der Waals surface area (Å²) in [6, 6.07) is 33.9. The number of nitro groups is 2. The molecule has 9 nitrogen and oxygen atoms in total. The molecule has 10 heteroatoms. The maximum Gasteiger partial charge on any atom is 0.269 e. The standard InChI is InChI=1S/C33H25N5O4.Fe/c1-22-20-26(37(39)40)16-18-28(22)35-32(24-10-5-3-6-11-24)30-14-9-15-31(34-30)33(25-12-7-4-8-13-25)36-29-19-17-27(38(41)42)21-23(29)2;/h3-21H,1-2H3;. The normalized spacial score (nSPS) is 11.5. The van der Waals surface area contributed by atoms with Gasteiger partial charge in [-0.15, -0.1) is 0 Å². The summed E-state index contributed by atoms with van der Waals surface area (Å²) in [5.41, 5.74) is 6.49. The fourth-order valence-corrected chi connectivity index (χ4v) is 4.43. The Morgan fingerprint density at radius 2 is 0.977 bits per heavy atom. The van der Waals surface area contributed by atoms with E-state index in [1.807, 2.05) is 78.9 Å². The Bertz CT molecular complexity index is 1730. The number of pyridine rings is 1. The average Bonchev–Trinajstić information content (AvgIpc) is 3.00. The van der Waals surface area contributed by atoms with E-state index in [2.05, 4.69) is 0 Å². The summed E-state index contributed by atoms with van der Waals surface area (Å²) in [5, 5.41) is 22.5. The minimum atomic E-state index is -0.430. The smallest absolute Gasteiger partial charge is 0.258 e. The molecule has 1 aromatic heterocycles. The molecule has 5 rings (SSSR count). The summed E-state index contributed by atoms with van der Waals surface area (Å²) >= 11 is 0. The molecule has 0 bridgehead atoms. The van der Waals surface area contributed by atoms with Crippen LogP contribution in [0.3, 0.4) is 0 Å². The summed E-state index contributed by atoms with van der Waals surface area (Å²) in [4.78, 5) is 36.5. The Hall–Kier alpha value is -5.31. The molecule has 0 aliphatic heterocycles. The van der Waals surface area contributed by atoms with Gasteiger partial charge in [0.05, 0.1) is 44.0 Å². The van der Waals surface area contributed by atoms with Crippen molar-refractivity contribution in [3.05, 3.63) is 169 Å². The zero-order valence-electron chi connectivity index (χ0n) is 23.2. The van der Waals surface area contributed by atoms with Crippen molar-refractivity contribution >= 4 is 34.2 Å². The zero-order chi connectivity index (χ0) is 29.6. The number of hydrogen-bond donors (Lipinski definition) is 0. The summed E-state index contributed by atoms with van der Waals surface area (Å²) in [5.74, 6) is 0. The molecule has 4 aromatic carbocycles. The first-order valence-corrected chi connectivity index (χ1v) is 13.1. The van der Waals surface area contributed by atoms with Gasteiger partial charge in [-0.2, -0.15) is 0 Å². The average molecular weight is 611 g/mol. The second kappa shape index (κ2) is 13.6. The quantitative estimate of drug-likeness (QED) is 0.0765. The van der Waals surface area contributed by atoms with Crippen molar-refractivity contribution in [1.29, 1.82) is 0 Å². The Morgan fingerprint density at radius 3 is 1.33 bits per heavy atom. The SMILES string of the molecule is Cc1cc([N+](=O)[O-])ccc1N=C(c1ccccc1)c1cccc(C(=Nc2ccc([N+](=O)[O-])cc2C)c2ccccc2)n1.[Fe]. The van der Waals surface area contributed by atoms with E-state index < -0.39 is 9.85 Å². The van der Waals surface area contributed by atoms with Gasteiger partial charge in [-0.25, -0.2) is 15.0 Å². The van der Waals surface area contributed by atoms with Crippen LogP contribution in [-0.2, 0) is 17.1 Å². The number of nitrogens with zero attached hydrogens (tertiary/aromatic N) is 5. The van der Waals surface area contributed by atoms with E-state index in [4.69, 9.17) is 15.0 Å². The summed E-state index contributed by atoms with van der Waals surface area (Å²) < 4.78 is 0. The number of rotatable bonds is 8. The van der Waals surface area contributed by atoms with E-state index in [1.165, 1.54) is 24.3 Å². The van der Waals surface area contributed by atoms with Crippen LogP contribution >= 0.6 is 0 Å². The molecular formula is C33H25FeN5O4. The predicted octanol–water partition coefficient (Wildman–Crippen LogP) is 7.85. The van der Waals surface area contributed by atoms with Crippen LogP contribution in [0.4, 0.5) is 22.7 Å². The van der Waals surface area contributed by atoms with Gasteiger partial charge in [0.15, 0.2) is 0 Å². The predicted molar refractivity (Wildman–Crippen MR) is 163 cm³/mol. The number of hydrogen-bond acceptors (Lipinski definition) is 7. The molecule has 0 radical (unpaired) electrons. The van der Waals surface area contributed by atoms with Crippen molar-refractivity contribution in [3.63, 3.8) is 0 Å². The Morgan fingerprint density at radius 1 is 0.581 bits per heavy atom. The molecule has 0 aliphatic rings. The van der Waals surface area contributed by atoms with Crippen molar-refractivity contribution in [3.8, 4) is 0 Å². The first kappa shape index (κ1) is 30.6. The van der Waals surface area contributed by atoms with Crippen molar-refractivity contribution in [2.45, 2.75) is 13.8 Å². The molecule has 214 valence electrons. The van der Waals surface area contributed by atoms with Gasteiger partial charge in [0, 0.05) is 52.5 Å². The third kappa shape index (κ3) is 7.13. The van der Waals surface area contributed by atoms with Crippen LogP contribution in [-0.4, -0.2) is 26.3 Å². The van der Waals surface area contributed by atoms with Crippen molar-refractivity contribution < 1.29 is 26.9 Å². The van der Waals surface area contributed by atoms with Gasteiger partial charge < -0.3 is 0 Å². The minimum Gasteiger partial charge on any atom is -0.258 e. The molecule has 0 amide bonds. The minimum absolute atomic E-state index is 0. The number of non-ortho nitro benzene ring substituents is 2. The molecule has 0 saturated carbocycles. The molecule has 43 heavy (non-hydrogen) atoms. The fraction of sp³-hybridized carbons (Fsp3) is 0.0606. The third-order valence-electron chi connectivity index (χ3n) is 6.58. The summed E-state index contributed by atoms with van der Waals surface area (Å²) in [6.07, 6.45) is 0. The van der Waals surface area contributed by atoms with Crippen LogP contribution in [0.1, 0.15) is 33.6 Å². The topological polar surface area (TPSA) is 124 Å². The van der Waals surface area contributed by atoms with Crippen LogP contribution in [0.5, 0.6) is 0 Å². The van der Waals surface area contributed by atoms with Crippen LogP contribution < -0.4 is 0 Å². The van der Waals surface area contributed by atoms with E-state index in [1.54, 1.807) is 26.0 Å². The maximum atomic E-state index is 11.3. The Labute approximate surface area is 258 Å². The Kier molecular flexibility index (Phi) is 9.67. The van der Waals surface area contributed by atoms with Crippen LogP contribution in [0.15, 0.2) is 125 Å². The van der Waals surface area contributed by atoms with Gasteiger partial charge >= 0.3 is 0 Å². The van der Waals surface area contributed by atoms with E-state index in [0.29, 0.717) is 45.3 Å². The van der Waals surface area contributed by atoms with E-state index in [-0.39, 0.29) is 28.4 Å². The van der Waals surface area contributed by atoms with Crippen LogP contribution in [0.2, 0.25) is 0 Å². The summed E-state index contributed by atoms with van der Waals surface area (Å²) in [6.45, 7) is 3.57. The Balaban J connectivity index is 0.00000423. The molecule has 0 saturated heterocycles. The molecule has 0 spiro atoms. The molecule has 0 fully saturated rings. The first-order valence-electron chi connectivity index (χ1n) is 13.1. The van der Waals surface area contributed by atoms with Gasteiger partial charge in [0.25, 0.3) is 11.4 Å². The number of benzene rings is 4. The molecule has 0 N–H and O–H groups in total. The van der Waals surface area contributed by atoms with Gasteiger partial charge in [0.1, 0.15) is 0 Å². The van der Waals surface area contributed by atoms with Gasteiger partial charge in [-0.3, -0.25) is 20.2 Å². The molecule has 1 heterocycles. The van der Waals surface area contributed by atoms with E-state index in [9.17, 15) is 20.2 Å². The number of aliphatic imine (C=N–C) groups is 2. The number of aryl methyl sites for hydroxylation is 2. The second-order valence-electron chi connectivity index (χ2n) is 9.52. The van der Waals surface area contributed by atoms with Gasteiger partial charge in [-0.1, -0.05) is 66.7 Å². The number of nitro benzene ring substituents is 2. The van der Waals surface area contributed by atoms with Crippen LogP contribution in [0.25, 0.3) is 0 Å². The van der Waals surface area contributed by atoms with Crippen molar-refractivity contribution in [2.75, 3.05) is 0 Å². The van der Waals surface area contributed by atoms with Crippen molar-refractivity contribution in [2.24, 2.45) is 9.98 Å². The van der Waals surface area contributed by atoms with Crippen molar-refractivity contribution in [1.82, 2.24) is 4.98 Å². The second-order valence-corrected chi connectivity index (χ2v) is 9.52. The largest absolute Gasteiger partial charge is 0.269 e. The molecule has 5 aromatic rings. The molecule has 0 aliphatic carbocycles. The first-order chi connectivity index (χ1) is 20.3. The van der Waals surface area contributed by atoms with Crippen LogP contribution in [0, 0.1) is 34.1 Å². The monoisotopic (exact) mass is 611 g/mol. The summed E-state index contributed by atoms with van der Waals surface area (Å²) in [7, 11) is 0. The van der Waals surface area contributed by atoms with Gasteiger partial charge in [0.2, 0.25) is 0 Å².